The second kappa shape index (κ2) is 7.89. The fourth-order valence-corrected chi connectivity index (χ4v) is 3.77. The Balaban J connectivity index is 1.78. The molecule has 4 nitrogen and oxygen atoms in total. The molecule has 0 radical (unpaired) electrons. The van der Waals surface area contributed by atoms with Gasteiger partial charge in [-0.05, 0) is 38.8 Å². The third-order valence-electron chi connectivity index (χ3n) is 4.99. The zero-order valence-electron chi connectivity index (χ0n) is 15.0. The van der Waals surface area contributed by atoms with Gasteiger partial charge in [-0.2, -0.15) is 0 Å². The average molecular weight is 337 g/mol. The van der Waals surface area contributed by atoms with Crippen LogP contribution in [0.1, 0.15) is 30.8 Å². The Labute approximate surface area is 150 Å². The highest BCUT2D eigenvalue weighted by Crippen LogP contribution is 2.33. The highest BCUT2D eigenvalue weighted by Gasteiger charge is 2.34. The van der Waals surface area contributed by atoms with Crippen molar-refractivity contribution >= 4 is 0 Å². The molecule has 132 valence electrons. The van der Waals surface area contributed by atoms with E-state index in [1.807, 2.05) is 37.3 Å². The molecule has 2 aromatic rings. The van der Waals surface area contributed by atoms with Crippen LogP contribution in [-0.4, -0.2) is 39.7 Å². The van der Waals surface area contributed by atoms with E-state index in [4.69, 9.17) is 4.98 Å². The van der Waals surface area contributed by atoms with E-state index in [0.29, 0.717) is 0 Å². The number of hydrogen-bond acceptors (Lipinski definition) is 4. The Hall–Kier alpha value is -2.04. The Morgan fingerprint density at radius 2 is 2.08 bits per heavy atom. The smallest absolute Gasteiger partial charge is 0.143 e. The van der Waals surface area contributed by atoms with Gasteiger partial charge in [0.25, 0.3) is 0 Å². The molecule has 1 aliphatic heterocycles. The van der Waals surface area contributed by atoms with Crippen molar-refractivity contribution in [2.75, 3.05) is 19.7 Å². The number of nitrogens with zero attached hydrogens (tertiary/aromatic N) is 3. The van der Waals surface area contributed by atoms with Crippen LogP contribution in [0, 0.1) is 12.3 Å². The van der Waals surface area contributed by atoms with Crippen LogP contribution in [0.5, 0.6) is 0 Å². The number of hydrogen-bond donors (Lipinski definition) is 1. The summed E-state index contributed by atoms with van der Waals surface area (Å²) in [5.41, 5.74) is 3.01. The topological polar surface area (TPSA) is 49.2 Å². The molecule has 0 spiro atoms. The van der Waals surface area contributed by atoms with Gasteiger partial charge in [0.15, 0.2) is 0 Å². The number of aromatic nitrogens is 2. The van der Waals surface area contributed by atoms with E-state index in [0.717, 1.165) is 61.7 Å². The van der Waals surface area contributed by atoms with Crippen LogP contribution >= 0.6 is 0 Å². The number of aryl methyl sites for hydroxylation is 1. The summed E-state index contributed by atoms with van der Waals surface area (Å²) in [6, 6.07) is 12.3. The molecule has 3 rings (SSSR count). The SMILES string of the molecule is C=CCC1(CO)CCCN(Cc2nc(C)cc(-c3ccccc3)n2)C1. The van der Waals surface area contributed by atoms with Gasteiger partial charge in [0.05, 0.1) is 18.8 Å². The van der Waals surface area contributed by atoms with Crippen LogP contribution in [0.3, 0.4) is 0 Å². The summed E-state index contributed by atoms with van der Waals surface area (Å²) >= 11 is 0. The van der Waals surface area contributed by atoms with Crippen molar-refractivity contribution in [1.82, 2.24) is 14.9 Å². The minimum atomic E-state index is -0.0634. The molecule has 25 heavy (non-hydrogen) atoms. The van der Waals surface area contributed by atoms with Gasteiger partial charge >= 0.3 is 0 Å². The van der Waals surface area contributed by atoms with Gasteiger partial charge in [-0.15, -0.1) is 6.58 Å². The Bertz CT molecular complexity index is 716. The van der Waals surface area contributed by atoms with Crippen molar-refractivity contribution in [2.45, 2.75) is 32.7 Å². The van der Waals surface area contributed by atoms with Crippen LogP contribution in [0.15, 0.2) is 49.1 Å². The molecule has 2 heterocycles. The van der Waals surface area contributed by atoms with Crippen LogP contribution in [-0.2, 0) is 6.54 Å². The van der Waals surface area contributed by atoms with Gasteiger partial charge in [-0.1, -0.05) is 36.4 Å². The lowest BCUT2D eigenvalue weighted by Gasteiger charge is -2.41. The summed E-state index contributed by atoms with van der Waals surface area (Å²) < 4.78 is 0. The maximum absolute atomic E-state index is 9.89. The number of aliphatic hydroxyl groups is 1. The summed E-state index contributed by atoms with van der Waals surface area (Å²) in [6.45, 7) is 8.70. The summed E-state index contributed by atoms with van der Waals surface area (Å²) in [5, 5.41) is 9.89. The zero-order valence-corrected chi connectivity index (χ0v) is 15.0. The van der Waals surface area contributed by atoms with E-state index >= 15 is 0 Å². The largest absolute Gasteiger partial charge is 0.396 e. The minimum Gasteiger partial charge on any atom is -0.396 e. The van der Waals surface area contributed by atoms with Crippen molar-refractivity contribution in [3.8, 4) is 11.3 Å². The number of piperidine rings is 1. The molecule has 1 N–H and O–H groups in total. The molecule has 1 aliphatic rings. The van der Waals surface area contributed by atoms with Crippen molar-refractivity contribution in [2.24, 2.45) is 5.41 Å². The summed E-state index contributed by atoms with van der Waals surface area (Å²) in [6.07, 6.45) is 4.92. The number of aliphatic hydroxyl groups excluding tert-OH is 1. The fraction of sp³-hybridized carbons (Fsp3) is 0.429. The van der Waals surface area contributed by atoms with E-state index in [9.17, 15) is 5.11 Å². The number of allylic oxidation sites excluding steroid dienone is 1. The highest BCUT2D eigenvalue weighted by atomic mass is 16.3. The zero-order chi connectivity index (χ0) is 17.7. The number of rotatable bonds is 6. The molecule has 0 saturated carbocycles. The van der Waals surface area contributed by atoms with E-state index < -0.39 is 0 Å². The maximum Gasteiger partial charge on any atom is 0.143 e. The second-order valence-electron chi connectivity index (χ2n) is 7.14. The molecule has 4 heteroatoms. The first-order chi connectivity index (χ1) is 12.1. The van der Waals surface area contributed by atoms with Crippen LogP contribution in [0.25, 0.3) is 11.3 Å². The van der Waals surface area contributed by atoms with Crippen molar-refractivity contribution in [1.29, 1.82) is 0 Å². The van der Waals surface area contributed by atoms with E-state index in [2.05, 4.69) is 28.6 Å². The lowest BCUT2D eigenvalue weighted by atomic mass is 9.78. The van der Waals surface area contributed by atoms with Crippen molar-refractivity contribution in [3.05, 3.63) is 60.6 Å². The summed E-state index contributed by atoms with van der Waals surface area (Å²) in [4.78, 5) is 11.8. The average Bonchev–Trinajstić information content (AvgIpc) is 2.62. The highest BCUT2D eigenvalue weighted by molar-refractivity contribution is 5.58. The van der Waals surface area contributed by atoms with E-state index in [1.54, 1.807) is 0 Å². The Morgan fingerprint density at radius 1 is 1.28 bits per heavy atom. The number of likely N-dealkylation sites (tertiary alicyclic amines) is 1. The molecular weight excluding hydrogens is 310 g/mol. The molecule has 0 bridgehead atoms. The van der Waals surface area contributed by atoms with Crippen molar-refractivity contribution in [3.63, 3.8) is 0 Å². The number of benzene rings is 1. The lowest BCUT2D eigenvalue weighted by molar-refractivity contribution is 0.0298. The Morgan fingerprint density at radius 3 is 2.80 bits per heavy atom. The predicted molar refractivity (Wildman–Crippen MR) is 101 cm³/mol. The molecule has 1 unspecified atom stereocenters. The molecular formula is C21H27N3O. The first-order valence-electron chi connectivity index (χ1n) is 8.98. The minimum absolute atomic E-state index is 0.0634. The second-order valence-corrected chi connectivity index (χ2v) is 7.14. The normalized spacial score (nSPS) is 21.2. The molecule has 0 aliphatic carbocycles. The fourth-order valence-electron chi connectivity index (χ4n) is 3.77. The van der Waals surface area contributed by atoms with Crippen molar-refractivity contribution < 1.29 is 5.11 Å². The van der Waals surface area contributed by atoms with Crippen LogP contribution in [0.2, 0.25) is 0 Å². The molecule has 1 aromatic carbocycles. The van der Waals surface area contributed by atoms with Gasteiger partial charge in [0.1, 0.15) is 5.82 Å². The lowest BCUT2D eigenvalue weighted by Crippen LogP contribution is -2.45. The Kier molecular flexibility index (Phi) is 5.61. The molecule has 1 fully saturated rings. The maximum atomic E-state index is 9.89. The van der Waals surface area contributed by atoms with Crippen LogP contribution in [0.4, 0.5) is 0 Å². The van der Waals surface area contributed by atoms with Gasteiger partial charge in [-0.3, -0.25) is 4.90 Å². The predicted octanol–water partition coefficient (Wildman–Crippen LogP) is 3.60. The quantitative estimate of drug-likeness (QED) is 0.818. The van der Waals surface area contributed by atoms with Gasteiger partial charge in [0, 0.05) is 23.2 Å². The van der Waals surface area contributed by atoms with E-state index in [-0.39, 0.29) is 12.0 Å². The molecule has 0 amide bonds. The molecule has 1 aromatic heterocycles. The monoisotopic (exact) mass is 337 g/mol. The van der Waals surface area contributed by atoms with Gasteiger partial charge in [0.2, 0.25) is 0 Å². The summed E-state index contributed by atoms with van der Waals surface area (Å²) in [7, 11) is 0. The first kappa shape index (κ1) is 17.8. The summed E-state index contributed by atoms with van der Waals surface area (Å²) in [5.74, 6) is 0.853. The van der Waals surface area contributed by atoms with Crippen LogP contribution < -0.4 is 0 Å². The molecule has 1 atom stereocenters. The first-order valence-corrected chi connectivity index (χ1v) is 8.98. The van der Waals surface area contributed by atoms with Gasteiger partial charge in [-0.25, -0.2) is 9.97 Å². The standard InChI is InChI=1S/C21H27N3O/c1-3-10-21(16-25)11-7-12-24(15-21)14-20-22-17(2)13-19(23-20)18-8-5-4-6-9-18/h3-6,8-9,13,25H,1,7,10-12,14-16H2,2H3. The van der Waals surface area contributed by atoms with Gasteiger partial charge < -0.3 is 5.11 Å². The third kappa shape index (κ3) is 4.33. The molecule has 1 saturated heterocycles. The van der Waals surface area contributed by atoms with E-state index in [1.165, 1.54) is 0 Å². The third-order valence-corrected chi connectivity index (χ3v) is 4.99.